The molecule has 6 nitrogen and oxygen atoms in total. The number of hydrogen-bond acceptors (Lipinski definition) is 5. The first-order valence-electron chi connectivity index (χ1n) is 11.6. The number of carbonyl (C=O) groups excluding carboxylic acids is 2. The van der Waals surface area contributed by atoms with E-state index in [1.807, 2.05) is 12.1 Å². The maximum Gasteiger partial charge on any atom is 0.408 e. The van der Waals surface area contributed by atoms with E-state index < -0.39 is 23.7 Å². The predicted octanol–water partition coefficient (Wildman–Crippen LogP) is 5.27. The molecule has 0 spiro atoms. The highest BCUT2D eigenvalue weighted by atomic mass is 16.6. The average Bonchev–Trinajstić information content (AvgIpc) is 3.40. The summed E-state index contributed by atoms with van der Waals surface area (Å²) >= 11 is 0. The van der Waals surface area contributed by atoms with Gasteiger partial charge in [-0.15, -0.1) is 0 Å². The van der Waals surface area contributed by atoms with Gasteiger partial charge in [-0.1, -0.05) is 25.0 Å². The van der Waals surface area contributed by atoms with Crippen molar-refractivity contribution < 1.29 is 23.8 Å². The monoisotopic (exact) mass is 431 g/mol. The summed E-state index contributed by atoms with van der Waals surface area (Å²) in [6.07, 6.45) is 9.55. The Bertz CT molecular complexity index is 758. The second-order valence-corrected chi connectivity index (χ2v) is 9.80. The maximum absolute atomic E-state index is 12.3. The fraction of sp³-hybridized carbons (Fsp3) is 0.680. The molecule has 2 aliphatic rings. The largest absolute Gasteiger partial charge is 0.490 e. The number of benzene rings is 1. The van der Waals surface area contributed by atoms with Gasteiger partial charge in [0.05, 0.1) is 13.2 Å². The summed E-state index contributed by atoms with van der Waals surface area (Å²) in [6.45, 7) is 5.37. The SMILES string of the molecule is COC(=O)C(Cc1ccc(OC2CCCC2)c(C2CCCC2)c1)NC(=O)OC(C)(C)C. The number of alkyl carbamates (subject to hydrolysis) is 1. The molecular weight excluding hydrogens is 394 g/mol. The number of ether oxygens (including phenoxy) is 3. The smallest absolute Gasteiger partial charge is 0.408 e. The fourth-order valence-electron chi connectivity index (χ4n) is 4.59. The van der Waals surface area contributed by atoms with Crippen molar-refractivity contribution in [2.75, 3.05) is 7.11 Å². The van der Waals surface area contributed by atoms with E-state index in [1.165, 1.54) is 51.2 Å². The standard InChI is InChI=1S/C25H37NO5/c1-25(2,3)31-24(28)26-21(23(27)29-4)16-17-13-14-22(30-19-11-7-8-12-19)20(15-17)18-9-5-6-10-18/h13-15,18-19,21H,5-12,16H2,1-4H3,(H,26,28). The Morgan fingerprint density at radius 1 is 1.06 bits per heavy atom. The summed E-state index contributed by atoms with van der Waals surface area (Å²) in [6, 6.07) is 5.39. The number of rotatable bonds is 7. The Kier molecular flexibility index (Phi) is 7.84. The molecule has 0 bridgehead atoms. The van der Waals surface area contributed by atoms with Crippen LogP contribution in [-0.2, 0) is 20.7 Å². The minimum atomic E-state index is -0.808. The van der Waals surface area contributed by atoms with Crippen molar-refractivity contribution in [3.63, 3.8) is 0 Å². The number of amides is 1. The van der Waals surface area contributed by atoms with Crippen molar-refractivity contribution >= 4 is 12.1 Å². The molecule has 1 unspecified atom stereocenters. The minimum Gasteiger partial charge on any atom is -0.490 e. The van der Waals surface area contributed by atoms with Gasteiger partial charge in [0.15, 0.2) is 0 Å². The predicted molar refractivity (Wildman–Crippen MR) is 119 cm³/mol. The van der Waals surface area contributed by atoms with E-state index in [1.54, 1.807) is 20.8 Å². The lowest BCUT2D eigenvalue weighted by Crippen LogP contribution is -2.45. The number of hydrogen-bond donors (Lipinski definition) is 1. The third-order valence-corrected chi connectivity index (χ3v) is 6.08. The quantitative estimate of drug-likeness (QED) is 0.595. The Morgan fingerprint density at radius 2 is 1.71 bits per heavy atom. The topological polar surface area (TPSA) is 73.9 Å². The van der Waals surface area contributed by atoms with E-state index >= 15 is 0 Å². The van der Waals surface area contributed by atoms with Crippen molar-refractivity contribution in [3.05, 3.63) is 29.3 Å². The molecule has 2 aliphatic carbocycles. The van der Waals surface area contributed by atoms with Gasteiger partial charge < -0.3 is 19.5 Å². The van der Waals surface area contributed by atoms with E-state index in [0.717, 1.165) is 24.2 Å². The van der Waals surface area contributed by atoms with Gasteiger partial charge in [0.1, 0.15) is 17.4 Å². The van der Waals surface area contributed by atoms with Gasteiger partial charge in [-0.25, -0.2) is 9.59 Å². The zero-order valence-electron chi connectivity index (χ0n) is 19.4. The Hall–Kier alpha value is -2.24. The van der Waals surface area contributed by atoms with Gasteiger partial charge in [-0.2, -0.15) is 0 Å². The molecule has 3 rings (SSSR count). The summed E-state index contributed by atoms with van der Waals surface area (Å²) in [7, 11) is 1.33. The molecule has 0 heterocycles. The van der Waals surface area contributed by atoms with E-state index in [-0.39, 0.29) is 0 Å². The molecule has 31 heavy (non-hydrogen) atoms. The second kappa shape index (κ2) is 10.4. The summed E-state index contributed by atoms with van der Waals surface area (Å²) in [5.74, 6) is 0.989. The Labute approximate surface area is 186 Å². The molecule has 172 valence electrons. The number of methoxy groups -OCH3 is 1. The normalized spacial score (nSPS) is 18.6. The van der Waals surface area contributed by atoms with E-state index in [0.29, 0.717) is 18.4 Å². The zero-order chi connectivity index (χ0) is 22.4. The maximum atomic E-state index is 12.3. The number of nitrogens with one attached hydrogen (secondary N) is 1. The Balaban J connectivity index is 1.77. The summed E-state index contributed by atoms with van der Waals surface area (Å²) in [5, 5.41) is 2.67. The first-order chi connectivity index (χ1) is 14.7. The summed E-state index contributed by atoms with van der Waals surface area (Å²) < 4.78 is 16.6. The van der Waals surface area contributed by atoms with Gasteiger partial charge >= 0.3 is 12.1 Å². The van der Waals surface area contributed by atoms with Gasteiger partial charge in [-0.05, 0) is 82.4 Å². The van der Waals surface area contributed by atoms with E-state index in [9.17, 15) is 9.59 Å². The summed E-state index contributed by atoms with van der Waals surface area (Å²) in [5.41, 5.74) is 1.58. The van der Waals surface area contributed by atoms with Gasteiger partial charge in [-0.3, -0.25) is 0 Å². The molecular formula is C25H37NO5. The van der Waals surface area contributed by atoms with E-state index in [2.05, 4.69) is 11.4 Å². The van der Waals surface area contributed by atoms with Crippen LogP contribution in [-0.4, -0.2) is 36.9 Å². The molecule has 1 N–H and O–H groups in total. The average molecular weight is 432 g/mol. The lowest BCUT2D eigenvalue weighted by Gasteiger charge is -2.24. The second-order valence-electron chi connectivity index (χ2n) is 9.80. The molecule has 1 aromatic carbocycles. The van der Waals surface area contributed by atoms with Crippen molar-refractivity contribution in [1.29, 1.82) is 0 Å². The van der Waals surface area contributed by atoms with Crippen molar-refractivity contribution in [3.8, 4) is 5.75 Å². The van der Waals surface area contributed by atoms with Crippen LogP contribution in [0, 0.1) is 0 Å². The third kappa shape index (κ3) is 6.88. The highest BCUT2D eigenvalue weighted by molar-refractivity contribution is 5.81. The lowest BCUT2D eigenvalue weighted by atomic mass is 9.93. The molecule has 0 aliphatic heterocycles. The van der Waals surface area contributed by atoms with Crippen LogP contribution in [0.5, 0.6) is 5.75 Å². The molecule has 0 aromatic heterocycles. The van der Waals surface area contributed by atoms with Crippen LogP contribution in [0.25, 0.3) is 0 Å². The highest BCUT2D eigenvalue weighted by Gasteiger charge is 2.28. The number of esters is 1. The molecule has 2 fully saturated rings. The molecule has 1 aromatic rings. The van der Waals surface area contributed by atoms with Crippen LogP contribution in [0.3, 0.4) is 0 Å². The van der Waals surface area contributed by atoms with Crippen LogP contribution in [0.15, 0.2) is 18.2 Å². The van der Waals surface area contributed by atoms with E-state index in [4.69, 9.17) is 14.2 Å². The van der Waals surface area contributed by atoms with Crippen LogP contribution < -0.4 is 10.1 Å². The summed E-state index contributed by atoms with van der Waals surface area (Å²) in [4.78, 5) is 24.6. The highest BCUT2D eigenvalue weighted by Crippen LogP contribution is 2.40. The van der Waals surface area contributed by atoms with Crippen LogP contribution >= 0.6 is 0 Å². The molecule has 0 saturated heterocycles. The zero-order valence-corrected chi connectivity index (χ0v) is 19.4. The minimum absolute atomic E-state index is 0.308. The van der Waals surface area contributed by atoms with Gasteiger partial charge in [0.25, 0.3) is 0 Å². The lowest BCUT2D eigenvalue weighted by molar-refractivity contribution is -0.143. The molecule has 1 amide bonds. The number of carbonyl (C=O) groups is 2. The van der Waals surface area contributed by atoms with Gasteiger partial charge in [0.2, 0.25) is 0 Å². The van der Waals surface area contributed by atoms with Gasteiger partial charge in [0, 0.05) is 6.42 Å². The Morgan fingerprint density at radius 3 is 2.32 bits per heavy atom. The molecule has 1 atom stereocenters. The molecule has 6 heteroatoms. The third-order valence-electron chi connectivity index (χ3n) is 6.08. The molecule has 2 saturated carbocycles. The van der Waals surface area contributed by atoms with Crippen LogP contribution in [0.1, 0.15) is 89.2 Å². The fourth-order valence-corrected chi connectivity index (χ4v) is 4.59. The van der Waals surface area contributed by atoms with Crippen LogP contribution in [0.4, 0.5) is 4.79 Å². The first kappa shape index (κ1) is 23.4. The van der Waals surface area contributed by atoms with Crippen molar-refractivity contribution in [2.24, 2.45) is 0 Å². The molecule has 0 radical (unpaired) electrons. The first-order valence-corrected chi connectivity index (χ1v) is 11.6. The van der Waals surface area contributed by atoms with Crippen molar-refractivity contribution in [2.45, 2.75) is 102 Å². The van der Waals surface area contributed by atoms with Crippen molar-refractivity contribution in [1.82, 2.24) is 5.32 Å². The van der Waals surface area contributed by atoms with Crippen LogP contribution in [0.2, 0.25) is 0 Å².